The van der Waals surface area contributed by atoms with Crippen LogP contribution in [0.25, 0.3) is 0 Å². The number of aromatic nitrogens is 1. The number of hydrogen-bond acceptors (Lipinski definition) is 3. The first-order chi connectivity index (χ1) is 10.0. The van der Waals surface area contributed by atoms with Crippen LogP contribution >= 0.6 is 59.6 Å². The maximum Gasteiger partial charge on any atom is 0.148 e. The molecule has 1 atom stereocenters. The molecule has 1 aromatic heterocycles. The summed E-state index contributed by atoms with van der Waals surface area (Å²) >= 11 is 18.9. The highest BCUT2D eigenvalue weighted by Crippen LogP contribution is 2.39. The zero-order chi connectivity index (χ0) is 15.4. The summed E-state index contributed by atoms with van der Waals surface area (Å²) in [5, 5.41) is 4.82. The van der Waals surface area contributed by atoms with Crippen molar-refractivity contribution in [3.05, 3.63) is 27.0 Å². The van der Waals surface area contributed by atoms with Crippen molar-refractivity contribution < 1.29 is 0 Å². The highest BCUT2D eigenvalue weighted by atomic mass is 35.5. The topological polar surface area (TPSA) is 28.2 Å². The minimum atomic E-state index is 0. The van der Waals surface area contributed by atoms with Gasteiger partial charge in [0.1, 0.15) is 5.15 Å². The highest BCUT2D eigenvalue weighted by Gasteiger charge is 2.27. The van der Waals surface area contributed by atoms with Gasteiger partial charge < -0.3 is 5.32 Å². The highest BCUT2D eigenvalue weighted by molar-refractivity contribution is 6.43. The standard InChI is InChI=1S/C15H22Cl3N3.2ClH/c1-10(2)3-4-12(21-7-5-19-6-8-21)13-11(16)9-20-15(18)14(13)17;;/h9-10,12,19H,3-8H2,1-2H3;2*1H/t12-;;/m0../s1. The van der Waals surface area contributed by atoms with Crippen LogP contribution in [0.15, 0.2) is 6.20 Å². The Balaban J connectivity index is 0.00000242. The van der Waals surface area contributed by atoms with Gasteiger partial charge in [-0.25, -0.2) is 4.98 Å². The molecule has 0 aromatic carbocycles. The van der Waals surface area contributed by atoms with Crippen molar-refractivity contribution in [1.29, 1.82) is 0 Å². The maximum absolute atomic E-state index is 6.41. The number of halogens is 5. The lowest BCUT2D eigenvalue weighted by Gasteiger charge is -2.36. The van der Waals surface area contributed by atoms with Gasteiger partial charge in [0.15, 0.2) is 0 Å². The Hall–Kier alpha value is 0.520. The molecule has 0 saturated carbocycles. The van der Waals surface area contributed by atoms with Crippen molar-refractivity contribution >= 4 is 59.6 Å². The van der Waals surface area contributed by atoms with E-state index in [1.807, 2.05) is 0 Å². The van der Waals surface area contributed by atoms with Crippen molar-refractivity contribution in [3.8, 4) is 0 Å². The molecule has 3 nitrogen and oxygen atoms in total. The van der Waals surface area contributed by atoms with Gasteiger partial charge >= 0.3 is 0 Å². The maximum atomic E-state index is 6.41. The summed E-state index contributed by atoms with van der Waals surface area (Å²) in [6.07, 6.45) is 3.76. The lowest BCUT2D eigenvalue weighted by atomic mass is 9.96. The third-order valence-corrected chi connectivity index (χ3v) is 4.98. The normalized spacial score (nSPS) is 16.6. The van der Waals surface area contributed by atoms with E-state index >= 15 is 0 Å². The molecule has 0 amide bonds. The molecule has 0 aliphatic carbocycles. The fourth-order valence-corrected chi connectivity index (χ4v) is 3.50. The van der Waals surface area contributed by atoms with E-state index in [4.69, 9.17) is 34.8 Å². The number of nitrogens with zero attached hydrogens (tertiary/aromatic N) is 2. The van der Waals surface area contributed by atoms with Crippen LogP contribution in [0.2, 0.25) is 15.2 Å². The first-order valence-electron chi connectivity index (χ1n) is 7.45. The number of hydrogen-bond donors (Lipinski definition) is 1. The molecule has 1 N–H and O–H groups in total. The van der Waals surface area contributed by atoms with Gasteiger partial charge in [-0.15, -0.1) is 24.8 Å². The Morgan fingerprint density at radius 3 is 2.30 bits per heavy atom. The van der Waals surface area contributed by atoms with Crippen LogP contribution in [-0.2, 0) is 0 Å². The van der Waals surface area contributed by atoms with Crippen molar-refractivity contribution in [3.63, 3.8) is 0 Å². The van der Waals surface area contributed by atoms with Gasteiger partial charge in [-0.2, -0.15) is 0 Å². The van der Waals surface area contributed by atoms with Crippen molar-refractivity contribution in [2.24, 2.45) is 5.92 Å². The van der Waals surface area contributed by atoms with Crippen molar-refractivity contribution in [2.75, 3.05) is 26.2 Å². The van der Waals surface area contributed by atoms with Crippen LogP contribution in [0.3, 0.4) is 0 Å². The summed E-state index contributed by atoms with van der Waals surface area (Å²) in [5.74, 6) is 0.644. The Morgan fingerprint density at radius 1 is 1.13 bits per heavy atom. The molecule has 23 heavy (non-hydrogen) atoms. The zero-order valence-electron chi connectivity index (χ0n) is 13.3. The van der Waals surface area contributed by atoms with E-state index in [-0.39, 0.29) is 30.9 Å². The Labute approximate surface area is 166 Å². The lowest BCUT2D eigenvalue weighted by Crippen LogP contribution is -2.45. The molecule has 0 bridgehead atoms. The average Bonchev–Trinajstić information content (AvgIpc) is 2.47. The summed E-state index contributed by atoms with van der Waals surface area (Å²) < 4.78 is 0. The van der Waals surface area contributed by atoms with Gasteiger partial charge in [-0.1, -0.05) is 48.7 Å². The quantitative estimate of drug-likeness (QED) is 0.654. The molecular formula is C15H24Cl5N3. The molecule has 1 saturated heterocycles. The SMILES string of the molecule is CC(C)CC[C@@H](c1c(Cl)cnc(Cl)c1Cl)N1CCNCC1.Cl.Cl. The van der Waals surface area contributed by atoms with Gasteiger partial charge in [0.2, 0.25) is 0 Å². The first-order valence-corrected chi connectivity index (χ1v) is 8.58. The lowest BCUT2D eigenvalue weighted by molar-refractivity contribution is 0.160. The smallest absolute Gasteiger partial charge is 0.148 e. The summed E-state index contributed by atoms with van der Waals surface area (Å²) in [5.41, 5.74) is 0.931. The number of pyridine rings is 1. The van der Waals surface area contributed by atoms with Crippen LogP contribution in [0.4, 0.5) is 0 Å². The molecule has 2 rings (SSSR count). The first kappa shape index (κ1) is 23.5. The molecule has 0 radical (unpaired) electrons. The molecule has 1 aliphatic heterocycles. The molecule has 1 fully saturated rings. The van der Waals surface area contributed by atoms with E-state index in [1.54, 1.807) is 6.20 Å². The van der Waals surface area contributed by atoms with E-state index < -0.39 is 0 Å². The van der Waals surface area contributed by atoms with E-state index in [1.165, 1.54) is 0 Å². The third-order valence-electron chi connectivity index (χ3n) is 3.91. The van der Waals surface area contributed by atoms with Crippen LogP contribution in [0.5, 0.6) is 0 Å². The zero-order valence-corrected chi connectivity index (χ0v) is 17.2. The molecule has 0 spiro atoms. The van der Waals surface area contributed by atoms with E-state index in [2.05, 4.69) is 29.0 Å². The summed E-state index contributed by atoms with van der Waals surface area (Å²) in [4.78, 5) is 6.48. The molecule has 0 unspecified atom stereocenters. The summed E-state index contributed by atoms with van der Waals surface area (Å²) in [7, 11) is 0. The van der Waals surface area contributed by atoms with E-state index in [0.29, 0.717) is 21.1 Å². The number of nitrogens with one attached hydrogen (secondary N) is 1. The van der Waals surface area contributed by atoms with Gasteiger partial charge in [0, 0.05) is 44.0 Å². The predicted molar refractivity (Wildman–Crippen MR) is 105 cm³/mol. The monoisotopic (exact) mass is 421 g/mol. The van der Waals surface area contributed by atoms with Crippen molar-refractivity contribution in [2.45, 2.75) is 32.7 Å². The van der Waals surface area contributed by atoms with Gasteiger partial charge in [-0.3, -0.25) is 4.90 Å². The van der Waals surface area contributed by atoms with Gasteiger partial charge in [-0.05, 0) is 18.8 Å². The number of rotatable bonds is 5. The van der Waals surface area contributed by atoms with Crippen molar-refractivity contribution in [1.82, 2.24) is 15.2 Å². The molecule has 2 heterocycles. The minimum Gasteiger partial charge on any atom is -0.314 e. The largest absolute Gasteiger partial charge is 0.314 e. The van der Waals surface area contributed by atoms with E-state index in [9.17, 15) is 0 Å². The second-order valence-electron chi connectivity index (χ2n) is 5.90. The van der Waals surface area contributed by atoms with Gasteiger partial charge in [0.05, 0.1) is 10.0 Å². The van der Waals surface area contributed by atoms with Crippen LogP contribution in [-0.4, -0.2) is 36.1 Å². The Morgan fingerprint density at radius 2 is 1.74 bits per heavy atom. The molecule has 1 aromatic rings. The molecule has 1 aliphatic rings. The summed E-state index contributed by atoms with van der Waals surface area (Å²) in [6, 6.07) is 0.204. The van der Waals surface area contributed by atoms with Crippen LogP contribution in [0.1, 0.15) is 38.3 Å². The third kappa shape index (κ3) is 6.39. The van der Waals surface area contributed by atoms with Gasteiger partial charge in [0.25, 0.3) is 0 Å². The summed E-state index contributed by atoms with van der Waals surface area (Å²) in [6.45, 7) is 8.44. The predicted octanol–water partition coefficient (Wildman–Crippen LogP) is 5.27. The Kier molecular flexibility index (Phi) is 11.4. The van der Waals surface area contributed by atoms with Crippen LogP contribution in [0, 0.1) is 5.92 Å². The number of piperazine rings is 1. The Bertz CT molecular complexity index is 478. The fraction of sp³-hybridized carbons (Fsp3) is 0.667. The minimum absolute atomic E-state index is 0. The van der Waals surface area contributed by atoms with Crippen LogP contribution < -0.4 is 5.32 Å². The second-order valence-corrected chi connectivity index (χ2v) is 7.04. The second kappa shape index (κ2) is 11.2. The molecule has 8 heteroatoms. The fourth-order valence-electron chi connectivity index (χ4n) is 2.76. The average molecular weight is 424 g/mol. The van der Waals surface area contributed by atoms with E-state index in [0.717, 1.165) is 44.6 Å². The molecule has 134 valence electrons. The molecular weight excluding hydrogens is 399 g/mol.